The molecule has 164 valence electrons. The summed E-state index contributed by atoms with van der Waals surface area (Å²) >= 11 is 0. The van der Waals surface area contributed by atoms with E-state index >= 15 is 0 Å². The van der Waals surface area contributed by atoms with Gasteiger partial charge in [-0.05, 0) is 61.0 Å². The van der Waals surface area contributed by atoms with Crippen LogP contribution in [-0.4, -0.2) is 20.8 Å². The summed E-state index contributed by atoms with van der Waals surface area (Å²) in [5, 5.41) is 17.7. The van der Waals surface area contributed by atoms with Crippen LogP contribution in [0.2, 0.25) is 0 Å². The van der Waals surface area contributed by atoms with Gasteiger partial charge in [-0.1, -0.05) is 24.3 Å². The zero-order valence-electron chi connectivity index (χ0n) is 17.5. The Labute approximate surface area is 188 Å². The number of aryl methyl sites for hydroxylation is 1. The second-order valence-corrected chi connectivity index (χ2v) is 7.36. The third-order valence-corrected chi connectivity index (χ3v) is 4.98. The molecule has 0 saturated heterocycles. The van der Waals surface area contributed by atoms with E-state index in [1.807, 2.05) is 0 Å². The number of aromatic nitrogens is 2. The third-order valence-electron chi connectivity index (χ3n) is 4.98. The fourth-order valence-electron chi connectivity index (χ4n) is 3.44. The van der Waals surface area contributed by atoms with E-state index in [1.54, 1.807) is 55.5 Å². The molecule has 0 bridgehead atoms. The molecule has 1 atom stereocenters. The van der Waals surface area contributed by atoms with E-state index in [0.717, 1.165) is 18.2 Å². The van der Waals surface area contributed by atoms with Gasteiger partial charge in [0.15, 0.2) is 5.69 Å². The van der Waals surface area contributed by atoms with Crippen LogP contribution in [0.3, 0.4) is 0 Å². The summed E-state index contributed by atoms with van der Waals surface area (Å²) < 4.78 is 29.1. The van der Waals surface area contributed by atoms with Crippen molar-refractivity contribution >= 4 is 17.3 Å². The molecular weight excluding hydrogens is 426 g/mol. The Kier molecular flexibility index (Phi) is 5.98. The number of amides is 1. The minimum atomic E-state index is -1.42. The highest BCUT2D eigenvalue weighted by molar-refractivity contribution is 6.03. The molecule has 2 N–H and O–H groups in total. The van der Waals surface area contributed by atoms with E-state index in [0.29, 0.717) is 22.8 Å². The van der Waals surface area contributed by atoms with Crippen molar-refractivity contribution in [1.82, 2.24) is 9.78 Å². The molecule has 1 unspecified atom stereocenters. The largest absolute Gasteiger partial charge is 0.384 e. The van der Waals surface area contributed by atoms with Crippen LogP contribution < -0.4 is 5.32 Å². The maximum atomic E-state index is 14.1. The summed E-state index contributed by atoms with van der Waals surface area (Å²) in [7, 11) is 0. The molecule has 0 aliphatic carbocycles. The molecule has 3 aromatic carbocycles. The number of benzene rings is 3. The van der Waals surface area contributed by atoms with E-state index in [9.17, 15) is 18.7 Å². The van der Waals surface area contributed by atoms with Gasteiger partial charge in [0.25, 0.3) is 5.91 Å². The zero-order valence-corrected chi connectivity index (χ0v) is 17.5. The Morgan fingerprint density at radius 2 is 1.88 bits per heavy atom. The molecule has 1 aromatic heterocycles. The first-order valence-corrected chi connectivity index (χ1v) is 9.94. The number of aliphatic hydroxyl groups excluding tert-OH is 1. The Morgan fingerprint density at radius 1 is 1.09 bits per heavy atom. The van der Waals surface area contributed by atoms with E-state index in [4.69, 9.17) is 6.57 Å². The molecule has 0 aliphatic heterocycles. The van der Waals surface area contributed by atoms with Gasteiger partial charge in [0.2, 0.25) is 0 Å². The second kappa shape index (κ2) is 9.02. The van der Waals surface area contributed by atoms with Crippen molar-refractivity contribution < 1.29 is 18.7 Å². The van der Waals surface area contributed by atoms with Gasteiger partial charge in [-0.15, -0.1) is 0 Å². The normalized spacial score (nSPS) is 11.6. The van der Waals surface area contributed by atoms with Gasteiger partial charge in [-0.3, -0.25) is 4.79 Å². The number of nitrogens with one attached hydrogen (secondary N) is 1. The fourth-order valence-corrected chi connectivity index (χ4v) is 3.44. The van der Waals surface area contributed by atoms with Gasteiger partial charge in [-0.2, -0.15) is 5.10 Å². The number of hydrogen-bond donors (Lipinski definition) is 2. The molecule has 4 rings (SSSR count). The van der Waals surface area contributed by atoms with Gasteiger partial charge in [-0.25, -0.2) is 18.3 Å². The van der Waals surface area contributed by atoms with Crippen LogP contribution in [-0.2, 0) is 0 Å². The smallest absolute Gasteiger partial charge is 0.274 e. The lowest BCUT2D eigenvalue weighted by molar-refractivity contribution is 0.101. The molecule has 0 fully saturated rings. The quantitative estimate of drug-likeness (QED) is 0.408. The number of aliphatic hydroxyl groups is 1. The van der Waals surface area contributed by atoms with Crippen LogP contribution >= 0.6 is 0 Å². The van der Waals surface area contributed by atoms with Crippen LogP contribution in [0.5, 0.6) is 0 Å². The number of halogens is 2. The Hall–Kier alpha value is -4.35. The van der Waals surface area contributed by atoms with Crippen LogP contribution in [0.15, 0.2) is 72.8 Å². The van der Waals surface area contributed by atoms with Crippen LogP contribution in [0.4, 0.5) is 20.2 Å². The molecule has 0 radical (unpaired) electrons. The Balaban J connectivity index is 1.62. The van der Waals surface area contributed by atoms with Crippen molar-refractivity contribution in [1.29, 1.82) is 0 Å². The van der Waals surface area contributed by atoms with E-state index in [2.05, 4.69) is 15.3 Å². The molecule has 8 heteroatoms. The number of rotatable bonds is 5. The van der Waals surface area contributed by atoms with Crippen molar-refractivity contribution in [3.8, 4) is 5.69 Å². The van der Waals surface area contributed by atoms with E-state index < -0.39 is 23.6 Å². The summed E-state index contributed by atoms with van der Waals surface area (Å²) in [6.45, 7) is 8.93. The summed E-state index contributed by atoms with van der Waals surface area (Å²) in [6, 6.07) is 17.4. The van der Waals surface area contributed by atoms with Gasteiger partial charge >= 0.3 is 0 Å². The number of hydrogen-bond acceptors (Lipinski definition) is 3. The lowest BCUT2D eigenvalue weighted by Gasteiger charge is -2.14. The first-order valence-electron chi connectivity index (χ1n) is 9.94. The molecule has 0 spiro atoms. The summed E-state index contributed by atoms with van der Waals surface area (Å²) in [5.74, 6) is -1.87. The lowest BCUT2D eigenvalue weighted by atomic mass is 10.0. The number of nitrogens with zero attached hydrogens (tertiary/aromatic N) is 3. The number of anilines is 1. The predicted molar refractivity (Wildman–Crippen MR) is 119 cm³/mol. The standard InChI is InChI=1S/C25H18F2N4O2/c1-15-11-23(31(30-15)20-8-4-6-18(14-20)28-2)25(33)29-19-7-3-5-16(12-19)24(32)21-13-17(26)9-10-22(21)27/h3-14,24,32H,1H3,(H,29,33). The number of carbonyl (C=O) groups is 1. The van der Waals surface area contributed by atoms with Crippen molar-refractivity contribution in [2.75, 3.05) is 5.32 Å². The van der Waals surface area contributed by atoms with E-state index in [-0.39, 0.29) is 16.8 Å². The fraction of sp³-hybridized carbons (Fsp3) is 0.0800. The second-order valence-electron chi connectivity index (χ2n) is 7.36. The highest BCUT2D eigenvalue weighted by atomic mass is 19.1. The third kappa shape index (κ3) is 4.63. The van der Waals surface area contributed by atoms with Crippen molar-refractivity contribution in [2.45, 2.75) is 13.0 Å². The van der Waals surface area contributed by atoms with Crippen molar-refractivity contribution in [3.63, 3.8) is 0 Å². The zero-order chi connectivity index (χ0) is 23.5. The maximum absolute atomic E-state index is 14.1. The first kappa shape index (κ1) is 21.9. The van der Waals surface area contributed by atoms with Crippen LogP contribution in [0.1, 0.15) is 33.4 Å². The SMILES string of the molecule is [C-]#[N+]c1cccc(-n2nc(C)cc2C(=O)Nc2cccc(C(O)c3cc(F)ccc3F)c2)c1. The minimum Gasteiger partial charge on any atom is -0.384 e. The van der Waals surface area contributed by atoms with Gasteiger partial charge < -0.3 is 10.4 Å². The molecule has 4 aromatic rings. The first-order chi connectivity index (χ1) is 15.9. The molecule has 0 saturated carbocycles. The summed E-state index contributed by atoms with van der Waals surface area (Å²) in [6.07, 6.45) is -1.42. The highest BCUT2D eigenvalue weighted by Crippen LogP contribution is 2.27. The minimum absolute atomic E-state index is 0.202. The summed E-state index contributed by atoms with van der Waals surface area (Å²) in [4.78, 5) is 16.4. The molecule has 1 amide bonds. The average Bonchev–Trinajstić information content (AvgIpc) is 3.22. The molecule has 0 aliphatic rings. The monoisotopic (exact) mass is 444 g/mol. The molecule has 6 nitrogen and oxygen atoms in total. The summed E-state index contributed by atoms with van der Waals surface area (Å²) in [5.41, 5.74) is 2.27. The predicted octanol–water partition coefficient (Wildman–Crippen LogP) is 5.34. The van der Waals surface area contributed by atoms with Crippen LogP contribution in [0.25, 0.3) is 10.5 Å². The lowest BCUT2D eigenvalue weighted by Crippen LogP contribution is -2.17. The molecule has 1 heterocycles. The molecular formula is C25H18F2N4O2. The topological polar surface area (TPSA) is 71.5 Å². The highest BCUT2D eigenvalue weighted by Gasteiger charge is 2.19. The van der Waals surface area contributed by atoms with E-state index in [1.165, 1.54) is 10.7 Å². The van der Waals surface area contributed by atoms with Gasteiger partial charge in [0.1, 0.15) is 23.4 Å². The number of carbonyl (C=O) groups excluding carboxylic acids is 1. The maximum Gasteiger partial charge on any atom is 0.274 e. The Bertz CT molecular complexity index is 1390. The average molecular weight is 444 g/mol. The Morgan fingerprint density at radius 3 is 2.67 bits per heavy atom. The van der Waals surface area contributed by atoms with Gasteiger partial charge in [0.05, 0.1) is 18.0 Å². The molecule has 33 heavy (non-hydrogen) atoms. The van der Waals surface area contributed by atoms with Gasteiger partial charge in [0, 0.05) is 11.3 Å². The van der Waals surface area contributed by atoms with Crippen molar-refractivity contribution in [3.05, 3.63) is 118 Å². The van der Waals surface area contributed by atoms with Crippen molar-refractivity contribution in [2.24, 2.45) is 0 Å². The van der Waals surface area contributed by atoms with Crippen LogP contribution in [0, 0.1) is 25.1 Å².